The summed E-state index contributed by atoms with van der Waals surface area (Å²) in [5.41, 5.74) is 4.91. The van der Waals surface area contributed by atoms with Gasteiger partial charge in [-0.3, -0.25) is 20.4 Å². The van der Waals surface area contributed by atoms with Crippen molar-refractivity contribution in [3.05, 3.63) is 53.8 Å². The standard InChI is InChI=1S/C20H23FN2O5/c1-4-26-17-11-6-14(12-18(17)27-5-2)20(25)23-22-19(24)13(3)28-16-9-7-15(21)8-10-16/h6-13H,4-5H2,1-3H3,(H,22,24)(H,23,25). The summed E-state index contributed by atoms with van der Waals surface area (Å²) in [5.74, 6) is -0.177. The molecule has 0 bridgehead atoms. The van der Waals surface area contributed by atoms with Crippen molar-refractivity contribution in [2.45, 2.75) is 26.9 Å². The number of rotatable bonds is 8. The van der Waals surface area contributed by atoms with E-state index in [0.29, 0.717) is 36.0 Å². The van der Waals surface area contributed by atoms with Gasteiger partial charge in [0.05, 0.1) is 13.2 Å². The molecule has 2 amide bonds. The van der Waals surface area contributed by atoms with Gasteiger partial charge in [0.15, 0.2) is 17.6 Å². The zero-order valence-corrected chi connectivity index (χ0v) is 16.0. The fraction of sp³-hybridized carbons (Fsp3) is 0.300. The molecule has 0 fully saturated rings. The molecule has 7 nitrogen and oxygen atoms in total. The summed E-state index contributed by atoms with van der Waals surface area (Å²) in [6.07, 6.45) is -0.898. The van der Waals surface area contributed by atoms with Crippen LogP contribution in [0.3, 0.4) is 0 Å². The first kappa shape index (κ1) is 21.0. The van der Waals surface area contributed by atoms with Crippen molar-refractivity contribution < 1.29 is 28.2 Å². The van der Waals surface area contributed by atoms with E-state index in [2.05, 4.69) is 10.9 Å². The SMILES string of the molecule is CCOc1ccc(C(=O)NNC(=O)C(C)Oc2ccc(F)cc2)cc1OCC. The van der Waals surface area contributed by atoms with Gasteiger partial charge < -0.3 is 14.2 Å². The zero-order valence-electron chi connectivity index (χ0n) is 16.0. The third-order valence-corrected chi connectivity index (χ3v) is 3.60. The normalized spacial score (nSPS) is 11.3. The second kappa shape index (κ2) is 10.1. The number of hydrogen-bond donors (Lipinski definition) is 2. The molecule has 2 aromatic rings. The number of amides is 2. The number of carbonyl (C=O) groups excluding carboxylic acids is 2. The lowest BCUT2D eigenvalue weighted by Gasteiger charge is -2.16. The Labute approximate surface area is 162 Å². The van der Waals surface area contributed by atoms with Gasteiger partial charge in [-0.1, -0.05) is 0 Å². The summed E-state index contributed by atoms with van der Waals surface area (Å²) in [5, 5.41) is 0. The number of halogens is 1. The monoisotopic (exact) mass is 390 g/mol. The molecule has 8 heteroatoms. The van der Waals surface area contributed by atoms with Gasteiger partial charge in [-0.05, 0) is 63.2 Å². The van der Waals surface area contributed by atoms with Crippen molar-refractivity contribution in [3.63, 3.8) is 0 Å². The smallest absolute Gasteiger partial charge is 0.279 e. The van der Waals surface area contributed by atoms with Crippen LogP contribution in [0.2, 0.25) is 0 Å². The molecule has 28 heavy (non-hydrogen) atoms. The van der Waals surface area contributed by atoms with Gasteiger partial charge in [-0.2, -0.15) is 0 Å². The average molecular weight is 390 g/mol. The Morgan fingerprint density at radius 2 is 1.61 bits per heavy atom. The Hall–Kier alpha value is -3.29. The Bertz CT molecular complexity index is 811. The minimum atomic E-state index is -0.898. The maximum absolute atomic E-state index is 12.9. The number of ether oxygens (including phenoxy) is 3. The molecule has 150 valence electrons. The second-order valence-electron chi connectivity index (χ2n) is 5.68. The molecule has 0 saturated heterocycles. The Morgan fingerprint density at radius 3 is 2.25 bits per heavy atom. The molecule has 0 spiro atoms. The summed E-state index contributed by atoms with van der Waals surface area (Å²) in [4.78, 5) is 24.4. The molecular formula is C20H23FN2O5. The van der Waals surface area contributed by atoms with E-state index in [-0.39, 0.29) is 0 Å². The van der Waals surface area contributed by atoms with E-state index in [9.17, 15) is 14.0 Å². The largest absolute Gasteiger partial charge is 0.490 e. The first-order valence-corrected chi connectivity index (χ1v) is 8.86. The van der Waals surface area contributed by atoms with Crippen molar-refractivity contribution in [3.8, 4) is 17.2 Å². The molecule has 0 heterocycles. The van der Waals surface area contributed by atoms with Crippen LogP contribution in [0.15, 0.2) is 42.5 Å². The summed E-state index contributed by atoms with van der Waals surface area (Å²) in [6.45, 7) is 6.06. The lowest BCUT2D eigenvalue weighted by atomic mass is 10.2. The van der Waals surface area contributed by atoms with Gasteiger partial charge in [0.25, 0.3) is 11.8 Å². The Kier molecular flexibility index (Phi) is 7.62. The number of carbonyl (C=O) groups is 2. The molecule has 0 saturated carbocycles. The van der Waals surface area contributed by atoms with Crippen LogP contribution < -0.4 is 25.1 Å². The van der Waals surface area contributed by atoms with Gasteiger partial charge >= 0.3 is 0 Å². The molecular weight excluding hydrogens is 367 g/mol. The quantitative estimate of drug-likeness (QED) is 0.677. The predicted molar refractivity (Wildman–Crippen MR) is 101 cm³/mol. The van der Waals surface area contributed by atoms with Gasteiger partial charge in [0.1, 0.15) is 11.6 Å². The molecule has 1 unspecified atom stereocenters. The highest BCUT2D eigenvalue weighted by Crippen LogP contribution is 2.28. The summed E-state index contributed by atoms with van der Waals surface area (Å²) in [7, 11) is 0. The highest BCUT2D eigenvalue weighted by molar-refractivity contribution is 5.96. The lowest BCUT2D eigenvalue weighted by Crippen LogP contribution is -2.47. The van der Waals surface area contributed by atoms with E-state index in [1.54, 1.807) is 12.1 Å². The fourth-order valence-electron chi connectivity index (χ4n) is 2.26. The highest BCUT2D eigenvalue weighted by Gasteiger charge is 2.17. The molecule has 0 aliphatic carbocycles. The molecule has 0 aromatic heterocycles. The lowest BCUT2D eigenvalue weighted by molar-refractivity contribution is -0.128. The number of hydrazine groups is 1. The molecule has 0 aliphatic rings. The van der Waals surface area contributed by atoms with Crippen molar-refractivity contribution >= 4 is 11.8 Å². The second-order valence-corrected chi connectivity index (χ2v) is 5.68. The van der Waals surface area contributed by atoms with Crippen molar-refractivity contribution in [1.82, 2.24) is 10.9 Å². The van der Waals surface area contributed by atoms with E-state index in [1.807, 2.05) is 13.8 Å². The maximum atomic E-state index is 12.9. The van der Waals surface area contributed by atoms with Gasteiger partial charge in [-0.25, -0.2) is 4.39 Å². The zero-order chi connectivity index (χ0) is 20.5. The topological polar surface area (TPSA) is 85.9 Å². The van der Waals surface area contributed by atoms with Gasteiger partial charge in [0.2, 0.25) is 0 Å². The first-order valence-electron chi connectivity index (χ1n) is 8.86. The number of benzene rings is 2. The van der Waals surface area contributed by atoms with Crippen molar-refractivity contribution in [2.75, 3.05) is 13.2 Å². The summed E-state index contributed by atoms with van der Waals surface area (Å²) < 4.78 is 29.2. The van der Waals surface area contributed by atoms with Crippen LogP contribution in [-0.4, -0.2) is 31.1 Å². The number of hydrogen-bond acceptors (Lipinski definition) is 5. The molecule has 1 atom stereocenters. The van der Waals surface area contributed by atoms with Crippen molar-refractivity contribution in [1.29, 1.82) is 0 Å². The molecule has 2 N–H and O–H groups in total. The molecule has 2 rings (SSSR count). The van der Waals surface area contributed by atoms with Crippen LogP contribution in [0.4, 0.5) is 4.39 Å². The Morgan fingerprint density at radius 1 is 0.964 bits per heavy atom. The number of nitrogens with one attached hydrogen (secondary N) is 2. The van der Waals surface area contributed by atoms with Gasteiger partial charge in [0, 0.05) is 5.56 Å². The highest BCUT2D eigenvalue weighted by atomic mass is 19.1. The average Bonchev–Trinajstić information content (AvgIpc) is 2.69. The molecule has 0 aliphatic heterocycles. The summed E-state index contributed by atoms with van der Waals surface area (Å²) >= 11 is 0. The predicted octanol–water partition coefficient (Wildman–Crippen LogP) is 2.85. The molecule has 2 aromatic carbocycles. The maximum Gasteiger partial charge on any atom is 0.279 e. The van der Waals surface area contributed by atoms with Crippen LogP contribution in [0.1, 0.15) is 31.1 Å². The minimum Gasteiger partial charge on any atom is -0.490 e. The van der Waals surface area contributed by atoms with Crippen LogP contribution in [0, 0.1) is 5.82 Å². The third-order valence-electron chi connectivity index (χ3n) is 3.60. The van der Waals surface area contributed by atoms with E-state index < -0.39 is 23.7 Å². The van der Waals surface area contributed by atoms with Gasteiger partial charge in [-0.15, -0.1) is 0 Å². The van der Waals surface area contributed by atoms with Crippen LogP contribution >= 0.6 is 0 Å². The minimum absolute atomic E-state index is 0.291. The Balaban J connectivity index is 1.94. The van der Waals surface area contributed by atoms with Crippen LogP contribution in [0.25, 0.3) is 0 Å². The summed E-state index contributed by atoms with van der Waals surface area (Å²) in [6, 6.07) is 10.0. The molecule has 0 radical (unpaired) electrons. The van der Waals surface area contributed by atoms with Crippen molar-refractivity contribution in [2.24, 2.45) is 0 Å². The van der Waals surface area contributed by atoms with Crippen LogP contribution in [0.5, 0.6) is 17.2 Å². The van der Waals surface area contributed by atoms with E-state index in [0.717, 1.165) is 0 Å². The van der Waals surface area contributed by atoms with E-state index in [1.165, 1.54) is 37.3 Å². The van der Waals surface area contributed by atoms with E-state index in [4.69, 9.17) is 14.2 Å². The van der Waals surface area contributed by atoms with E-state index >= 15 is 0 Å². The third kappa shape index (κ3) is 5.87. The fourth-order valence-corrected chi connectivity index (χ4v) is 2.26. The van der Waals surface area contributed by atoms with Crippen LogP contribution in [-0.2, 0) is 4.79 Å². The first-order chi connectivity index (χ1) is 13.4.